The first-order chi connectivity index (χ1) is 19.5. The molecule has 0 aromatic carbocycles. The van der Waals surface area contributed by atoms with Gasteiger partial charge in [-0.1, -0.05) is 35.6 Å². The van der Waals surface area contributed by atoms with Gasteiger partial charge in [-0.15, -0.1) is 6.42 Å². The van der Waals surface area contributed by atoms with Gasteiger partial charge < -0.3 is 15.2 Å². The van der Waals surface area contributed by atoms with Gasteiger partial charge in [0.05, 0.1) is 6.61 Å². The topological polar surface area (TPSA) is 112 Å². The number of nitrogens with zero attached hydrogens (tertiary/aromatic N) is 2. The molecule has 0 spiro atoms. The molecule has 0 aromatic heterocycles. The number of hydrogen-bond donors (Lipinski definition) is 3. The number of nitrogens with one attached hydrogen (secondary N) is 2. The van der Waals surface area contributed by atoms with Crippen molar-refractivity contribution in [1.82, 2.24) is 10.7 Å². The molecule has 0 aromatic rings. The van der Waals surface area contributed by atoms with Crippen LogP contribution in [0.25, 0.3) is 0 Å². The van der Waals surface area contributed by atoms with Crippen molar-refractivity contribution in [2.75, 3.05) is 25.5 Å². The second kappa shape index (κ2) is 20.4. The lowest BCUT2D eigenvalue weighted by Gasteiger charge is -2.30. The number of ether oxygens (including phenoxy) is 1. The molecule has 3 unspecified atom stereocenters. The first-order valence-electron chi connectivity index (χ1n) is 14.2. The van der Waals surface area contributed by atoms with Crippen LogP contribution in [0, 0.1) is 30.1 Å². The van der Waals surface area contributed by atoms with E-state index in [-0.39, 0.29) is 30.3 Å². The van der Waals surface area contributed by atoms with Gasteiger partial charge in [-0.05, 0) is 81.2 Å². The van der Waals surface area contributed by atoms with Crippen LogP contribution in [0.3, 0.4) is 0 Å². The summed E-state index contributed by atoms with van der Waals surface area (Å²) in [5.41, 5.74) is 3.66. The highest BCUT2D eigenvalue weighted by Gasteiger charge is 2.30. The number of hydrogen-bond acceptors (Lipinski definition) is 8. The molecule has 0 bridgehead atoms. The molecule has 220 valence electrons. The highest BCUT2D eigenvalue weighted by atomic mass is 33.1. The largest absolute Gasteiger partial charge is 0.494 e. The van der Waals surface area contributed by atoms with Crippen molar-refractivity contribution in [3.8, 4) is 12.3 Å². The van der Waals surface area contributed by atoms with E-state index in [1.807, 2.05) is 32.1 Å². The summed E-state index contributed by atoms with van der Waals surface area (Å²) in [6.45, 7) is 5.00. The molecule has 1 fully saturated rings. The standard InChI is InChI=1S/C30H44N4O4S2/c1-4-10-29(31-5-2)40-39-22-19-32-28(36)14-9-21-38-26-17-15-24(16-18-26)23(3)33-34-30(37)27-13-7-6-11-25(27)12-8-20-35/h1,5,10,15,17-18,24-25,27,35H,6-9,11-14,16,19-22H2,2-3H3,(H,32,36)(H,34,37)/b29-10+,31-5-,33-23+. The quantitative estimate of drug-likeness (QED) is 0.0692. The zero-order valence-electron chi connectivity index (χ0n) is 23.8. The second-order valence-corrected chi connectivity index (χ2v) is 12.2. The molecule has 3 atom stereocenters. The maximum absolute atomic E-state index is 12.8. The van der Waals surface area contributed by atoms with E-state index >= 15 is 0 Å². The molecular weight excluding hydrogens is 544 g/mol. The van der Waals surface area contributed by atoms with Gasteiger partial charge in [0, 0.05) is 55.2 Å². The summed E-state index contributed by atoms with van der Waals surface area (Å²) in [6, 6.07) is 0. The van der Waals surface area contributed by atoms with Crippen LogP contribution < -0.4 is 10.7 Å². The summed E-state index contributed by atoms with van der Waals surface area (Å²) in [7, 11) is 3.09. The Labute approximate surface area is 247 Å². The lowest BCUT2D eigenvalue weighted by Crippen LogP contribution is -2.35. The van der Waals surface area contributed by atoms with Crippen LogP contribution in [0.15, 0.2) is 45.2 Å². The Balaban J connectivity index is 1.61. The molecule has 8 nitrogen and oxygen atoms in total. The van der Waals surface area contributed by atoms with Crippen LogP contribution in [-0.4, -0.2) is 54.4 Å². The minimum Gasteiger partial charge on any atom is -0.494 e. The Morgan fingerprint density at radius 2 is 2.12 bits per heavy atom. The Morgan fingerprint density at radius 3 is 2.85 bits per heavy atom. The Hall–Kier alpha value is -2.48. The van der Waals surface area contributed by atoms with E-state index in [1.165, 1.54) is 10.8 Å². The van der Waals surface area contributed by atoms with E-state index in [9.17, 15) is 9.59 Å². The van der Waals surface area contributed by atoms with Crippen molar-refractivity contribution in [2.24, 2.45) is 27.8 Å². The molecule has 1 saturated carbocycles. The van der Waals surface area contributed by atoms with Crippen molar-refractivity contribution in [3.05, 3.63) is 35.1 Å². The number of aliphatic imine (C=N–C) groups is 1. The van der Waals surface area contributed by atoms with Gasteiger partial charge in [0.2, 0.25) is 11.8 Å². The molecule has 0 radical (unpaired) electrons. The van der Waals surface area contributed by atoms with Gasteiger partial charge in [0.25, 0.3) is 0 Å². The number of amides is 2. The zero-order valence-corrected chi connectivity index (χ0v) is 25.4. The number of carbonyl (C=O) groups is 2. The smallest absolute Gasteiger partial charge is 0.243 e. The number of terminal acetylenes is 1. The molecule has 3 N–H and O–H groups in total. The third-order valence-corrected chi connectivity index (χ3v) is 9.10. The van der Waals surface area contributed by atoms with Crippen molar-refractivity contribution in [1.29, 1.82) is 0 Å². The van der Waals surface area contributed by atoms with E-state index in [1.54, 1.807) is 23.1 Å². The Kier molecular flexibility index (Phi) is 17.2. The lowest BCUT2D eigenvalue weighted by atomic mass is 9.76. The van der Waals surface area contributed by atoms with Crippen LogP contribution in [0.2, 0.25) is 0 Å². The molecule has 0 heterocycles. The van der Waals surface area contributed by atoms with E-state index in [4.69, 9.17) is 16.3 Å². The van der Waals surface area contributed by atoms with Gasteiger partial charge in [0.1, 0.15) is 10.8 Å². The average Bonchev–Trinajstić information content (AvgIpc) is 2.97. The highest BCUT2D eigenvalue weighted by Crippen LogP contribution is 2.33. The third-order valence-electron chi connectivity index (χ3n) is 6.86. The zero-order chi connectivity index (χ0) is 29.0. The number of aliphatic hydroxyl groups excluding tert-OH is 1. The fourth-order valence-electron chi connectivity index (χ4n) is 4.71. The minimum atomic E-state index is -0.0192. The van der Waals surface area contributed by atoms with Crippen LogP contribution in [-0.2, 0) is 14.3 Å². The van der Waals surface area contributed by atoms with E-state index in [0.717, 1.165) is 67.2 Å². The molecule has 2 rings (SSSR count). The predicted octanol–water partition coefficient (Wildman–Crippen LogP) is 5.38. The summed E-state index contributed by atoms with van der Waals surface area (Å²) in [4.78, 5) is 29.0. The van der Waals surface area contributed by atoms with Gasteiger partial charge in [-0.25, -0.2) is 5.43 Å². The molecule has 2 aliphatic carbocycles. The van der Waals surface area contributed by atoms with Gasteiger partial charge in [-0.2, -0.15) is 5.10 Å². The number of allylic oxidation sites excluding steroid dienone is 4. The number of rotatable bonds is 17. The van der Waals surface area contributed by atoms with E-state index in [0.29, 0.717) is 31.9 Å². The number of carbonyl (C=O) groups excluding carboxylic acids is 2. The van der Waals surface area contributed by atoms with Crippen LogP contribution >= 0.6 is 21.6 Å². The highest BCUT2D eigenvalue weighted by molar-refractivity contribution is 8.78. The molecule has 2 aliphatic rings. The molecule has 2 amide bonds. The summed E-state index contributed by atoms with van der Waals surface area (Å²) in [5.74, 6) is 4.45. The normalized spacial score (nSPS) is 21.6. The maximum atomic E-state index is 12.8. The maximum Gasteiger partial charge on any atom is 0.243 e. The second-order valence-electron chi connectivity index (χ2n) is 9.80. The monoisotopic (exact) mass is 588 g/mol. The minimum absolute atomic E-state index is 0.00363. The third kappa shape index (κ3) is 13.2. The predicted molar refractivity (Wildman–Crippen MR) is 168 cm³/mol. The van der Waals surface area contributed by atoms with Crippen molar-refractivity contribution >= 4 is 45.3 Å². The Morgan fingerprint density at radius 1 is 1.30 bits per heavy atom. The van der Waals surface area contributed by atoms with Gasteiger partial charge in [0.15, 0.2) is 0 Å². The van der Waals surface area contributed by atoms with Crippen LogP contribution in [0.4, 0.5) is 0 Å². The molecule has 0 saturated heterocycles. The summed E-state index contributed by atoms with van der Waals surface area (Å²) in [5, 5.41) is 17.2. The van der Waals surface area contributed by atoms with Gasteiger partial charge in [-0.3, -0.25) is 14.6 Å². The fraction of sp³-hybridized carbons (Fsp3) is 0.600. The SMILES string of the molecule is C#C/C=C(\N=C/C)SSCCNC(=O)CCCOC1=CCC(/C(C)=N/NC(=O)C2CCCCC2CCCO)C=C1. The van der Waals surface area contributed by atoms with E-state index < -0.39 is 0 Å². The number of aliphatic hydroxyl groups is 1. The van der Waals surface area contributed by atoms with Crippen molar-refractivity contribution < 1.29 is 19.4 Å². The lowest BCUT2D eigenvalue weighted by molar-refractivity contribution is -0.128. The summed E-state index contributed by atoms with van der Waals surface area (Å²) in [6.07, 6.45) is 22.2. The molecule has 40 heavy (non-hydrogen) atoms. The van der Waals surface area contributed by atoms with Crippen molar-refractivity contribution in [2.45, 2.75) is 71.6 Å². The number of hydrazone groups is 1. The summed E-state index contributed by atoms with van der Waals surface area (Å²) < 4.78 is 5.82. The van der Waals surface area contributed by atoms with Crippen LogP contribution in [0.5, 0.6) is 0 Å². The van der Waals surface area contributed by atoms with Crippen molar-refractivity contribution in [3.63, 3.8) is 0 Å². The van der Waals surface area contributed by atoms with E-state index in [2.05, 4.69) is 26.8 Å². The van der Waals surface area contributed by atoms with Gasteiger partial charge >= 0.3 is 0 Å². The van der Waals surface area contributed by atoms with Crippen LogP contribution in [0.1, 0.15) is 71.6 Å². The first kappa shape index (κ1) is 33.7. The Bertz CT molecular complexity index is 1000. The molecule has 10 heteroatoms. The average molecular weight is 589 g/mol. The molecule has 0 aliphatic heterocycles. The summed E-state index contributed by atoms with van der Waals surface area (Å²) >= 11 is 0. The first-order valence-corrected chi connectivity index (χ1v) is 16.5. The fourth-order valence-corrected chi connectivity index (χ4v) is 6.49. The molecular formula is C30H44N4O4S2.